The van der Waals surface area contributed by atoms with Crippen molar-refractivity contribution in [1.29, 1.82) is 0 Å². The van der Waals surface area contributed by atoms with Crippen LogP contribution in [0.15, 0.2) is 85.1 Å². The van der Waals surface area contributed by atoms with Crippen LogP contribution >= 0.6 is 0 Å². The van der Waals surface area contributed by atoms with Gasteiger partial charge >= 0.3 is 5.78 Å². The number of nitrogens with zero attached hydrogens (tertiary/aromatic N) is 2. The Hall–Kier alpha value is -3.37. The lowest BCUT2D eigenvalue weighted by Gasteiger charge is -2.22. The van der Waals surface area contributed by atoms with Gasteiger partial charge in [-0.3, -0.25) is 0 Å². The molecule has 0 amide bonds. The number of fused-ring (bicyclic) bond motifs is 3. The zero-order valence-corrected chi connectivity index (χ0v) is 18.4. The van der Waals surface area contributed by atoms with E-state index in [2.05, 4.69) is 99.0 Å². The average molecular weight is 423 g/mol. The van der Waals surface area contributed by atoms with Crippen LogP contribution < -0.4 is 9.47 Å². The minimum absolute atomic E-state index is 1.04. The minimum Gasteiger partial charge on any atom is -0.332 e. The number of hydrogen-bond acceptors (Lipinski definition) is 0. The largest absolute Gasteiger partial charge is 0.368 e. The molecule has 2 N–H and O–H groups in total. The molecule has 1 aliphatic rings. The van der Waals surface area contributed by atoms with Gasteiger partial charge in [-0.15, -0.1) is 0 Å². The minimum atomic E-state index is 1.04. The quantitative estimate of drug-likeness (QED) is 0.399. The maximum atomic E-state index is 3.73. The zero-order chi connectivity index (χ0) is 21.3. The molecule has 4 nitrogen and oxygen atoms in total. The van der Waals surface area contributed by atoms with E-state index in [0.29, 0.717) is 0 Å². The molecule has 0 bridgehead atoms. The van der Waals surface area contributed by atoms with Gasteiger partial charge in [-0.1, -0.05) is 66.7 Å². The number of para-hydroxylation sites is 2. The van der Waals surface area contributed by atoms with E-state index in [1.165, 1.54) is 72.4 Å². The Balaban J connectivity index is 1.35. The van der Waals surface area contributed by atoms with E-state index in [-0.39, 0.29) is 0 Å². The molecule has 0 unspecified atom stereocenters. The monoisotopic (exact) mass is 422 g/mol. The summed E-state index contributed by atoms with van der Waals surface area (Å²) in [4.78, 5) is 5.48. The molecule has 3 heterocycles. The fourth-order valence-corrected chi connectivity index (χ4v) is 5.21. The van der Waals surface area contributed by atoms with Crippen LogP contribution in [0, 0.1) is 0 Å². The molecule has 6 rings (SSSR count). The Kier molecular flexibility index (Phi) is 5.00. The first-order valence-corrected chi connectivity index (χ1v) is 11.9. The van der Waals surface area contributed by atoms with E-state index in [1.807, 2.05) is 0 Å². The van der Waals surface area contributed by atoms with Gasteiger partial charge in [0.25, 0.3) is 0 Å². The van der Waals surface area contributed by atoms with Crippen LogP contribution in [0.1, 0.15) is 19.3 Å². The van der Waals surface area contributed by atoms with Crippen molar-refractivity contribution >= 4 is 16.8 Å². The molecule has 0 radical (unpaired) electrons. The van der Waals surface area contributed by atoms with E-state index < -0.39 is 0 Å². The zero-order valence-electron chi connectivity index (χ0n) is 18.4. The molecular weight excluding hydrogens is 392 g/mol. The lowest BCUT2D eigenvalue weighted by Crippen LogP contribution is -3.13. The predicted molar refractivity (Wildman–Crippen MR) is 130 cm³/mol. The molecule has 5 aromatic rings. The smallest absolute Gasteiger partial charge is 0.332 e. The summed E-state index contributed by atoms with van der Waals surface area (Å²) in [5, 5.41) is 0. The van der Waals surface area contributed by atoms with Crippen molar-refractivity contribution in [1.82, 2.24) is 9.38 Å². The molecule has 32 heavy (non-hydrogen) atoms. The first-order valence-electron chi connectivity index (χ1n) is 11.9. The van der Waals surface area contributed by atoms with E-state index >= 15 is 0 Å². The van der Waals surface area contributed by atoms with Crippen LogP contribution in [0.2, 0.25) is 0 Å². The number of aromatic amines is 1. The van der Waals surface area contributed by atoms with Crippen LogP contribution in [-0.4, -0.2) is 29.0 Å². The lowest BCUT2D eigenvalue weighted by atomic mass is 10.0. The molecule has 0 spiro atoms. The first-order chi connectivity index (χ1) is 15.9. The molecule has 1 aliphatic heterocycles. The van der Waals surface area contributed by atoms with Gasteiger partial charge in [0.05, 0.1) is 13.1 Å². The molecule has 4 heteroatoms. The van der Waals surface area contributed by atoms with Crippen LogP contribution in [0.3, 0.4) is 0 Å². The molecule has 0 saturated carbocycles. The maximum absolute atomic E-state index is 3.73. The van der Waals surface area contributed by atoms with E-state index in [9.17, 15) is 0 Å². The summed E-state index contributed by atoms with van der Waals surface area (Å²) in [5.74, 6) is 1.17. The van der Waals surface area contributed by atoms with Crippen molar-refractivity contribution < 1.29 is 9.47 Å². The van der Waals surface area contributed by atoms with E-state index in [4.69, 9.17) is 0 Å². The van der Waals surface area contributed by atoms with Crippen molar-refractivity contribution in [2.24, 2.45) is 0 Å². The van der Waals surface area contributed by atoms with Crippen molar-refractivity contribution in [2.45, 2.75) is 25.8 Å². The van der Waals surface area contributed by atoms with Gasteiger partial charge < -0.3 is 4.90 Å². The number of piperidine rings is 1. The number of imidazole rings is 2. The molecule has 2 aromatic heterocycles. The summed E-state index contributed by atoms with van der Waals surface area (Å²) in [6, 6.07) is 28.2. The highest BCUT2D eigenvalue weighted by Crippen LogP contribution is 2.25. The molecule has 160 valence electrons. The summed E-state index contributed by atoms with van der Waals surface area (Å²) in [6.45, 7) is 4.87. The molecule has 0 aliphatic carbocycles. The van der Waals surface area contributed by atoms with Crippen LogP contribution in [0.5, 0.6) is 0 Å². The van der Waals surface area contributed by atoms with Gasteiger partial charge in [0, 0.05) is 5.56 Å². The number of benzene rings is 3. The molecule has 1 saturated heterocycles. The molecule has 3 aromatic carbocycles. The van der Waals surface area contributed by atoms with Gasteiger partial charge in [-0.2, -0.15) is 4.40 Å². The van der Waals surface area contributed by atoms with Crippen molar-refractivity contribution in [3.63, 3.8) is 0 Å². The third kappa shape index (κ3) is 3.51. The second-order valence-electron chi connectivity index (χ2n) is 9.01. The maximum Gasteiger partial charge on any atom is 0.368 e. The second-order valence-corrected chi connectivity index (χ2v) is 9.01. The predicted octanol–water partition coefficient (Wildman–Crippen LogP) is 4.11. The van der Waals surface area contributed by atoms with Crippen LogP contribution in [-0.2, 0) is 6.54 Å². The first kappa shape index (κ1) is 19.3. The van der Waals surface area contributed by atoms with Crippen LogP contribution in [0.4, 0.5) is 0 Å². The third-order valence-corrected chi connectivity index (χ3v) is 6.97. The highest BCUT2D eigenvalue weighted by Gasteiger charge is 2.23. The third-order valence-electron chi connectivity index (χ3n) is 6.97. The van der Waals surface area contributed by atoms with Gasteiger partial charge in [0.15, 0.2) is 0 Å². The number of rotatable bonds is 5. The fraction of sp³-hybridized carbons (Fsp3) is 0.250. The lowest BCUT2D eigenvalue weighted by molar-refractivity contribution is -0.920. The Bertz CT molecular complexity index is 1340. The van der Waals surface area contributed by atoms with E-state index in [1.54, 1.807) is 4.90 Å². The highest BCUT2D eigenvalue weighted by molar-refractivity contribution is 5.77. The second kappa shape index (κ2) is 8.29. The number of nitrogens with one attached hydrogen (secondary N) is 2. The Morgan fingerprint density at radius 3 is 2.25 bits per heavy atom. The summed E-state index contributed by atoms with van der Waals surface area (Å²) >= 11 is 0. The van der Waals surface area contributed by atoms with Gasteiger partial charge in [-0.25, -0.2) is 9.55 Å². The molecule has 1 fully saturated rings. The van der Waals surface area contributed by atoms with Crippen molar-refractivity contribution in [3.8, 4) is 22.4 Å². The SMILES string of the molecule is c1ccc(-c2ccc(-c3cn4c5ccccc5[n+](CC[NH+]5CCCCC5)c4[nH]3)cc2)cc1. The van der Waals surface area contributed by atoms with Crippen molar-refractivity contribution in [2.75, 3.05) is 19.6 Å². The van der Waals surface area contributed by atoms with Crippen LogP contribution in [0.25, 0.3) is 39.2 Å². The topological polar surface area (TPSA) is 28.5 Å². The van der Waals surface area contributed by atoms with Gasteiger partial charge in [0.1, 0.15) is 36.0 Å². The number of quaternary nitrogens is 1. The van der Waals surface area contributed by atoms with E-state index in [0.717, 1.165) is 12.2 Å². The summed E-state index contributed by atoms with van der Waals surface area (Å²) in [7, 11) is 0. The summed E-state index contributed by atoms with van der Waals surface area (Å²) in [6.07, 6.45) is 6.40. The Labute approximate surface area is 188 Å². The number of aromatic nitrogens is 3. The van der Waals surface area contributed by atoms with Crippen molar-refractivity contribution in [3.05, 3.63) is 85.1 Å². The van der Waals surface area contributed by atoms with Gasteiger partial charge in [0.2, 0.25) is 0 Å². The number of H-pyrrole nitrogens is 1. The summed E-state index contributed by atoms with van der Waals surface area (Å²) < 4.78 is 4.79. The Morgan fingerprint density at radius 2 is 1.44 bits per heavy atom. The average Bonchev–Trinajstić information content (AvgIpc) is 3.42. The highest BCUT2D eigenvalue weighted by atomic mass is 15.2. The normalized spacial score (nSPS) is 15.0. The van der Waals surface area contributed by atoms with Gasteiger partial charge in [-0.05, 0) is 42.5 Å². The Morgan fingerprint density at radius 1 is 0.750 bits per heavy atom. The number of hydrogen-bond donors (Lipinski definition) is 2. The summed E-state index contributed by atoms with van der Waals surface area (Å²) in [5.41, 5.74) is 7.44. The fourth-order valence-electron chi connectivity index (χ4n) is 5.21. The molecule has 0 atom stereocenters. The number of likely N-dealkylation sites (tertiary alicyclic amines) is 1. The molecular formula is C28H30N4+2. The standard InChI is InChI=1S/C28H28N4/c1-3-9-22(10-4-1)23-13-15-24(16-14-23)25-21-32-27-12-6-5-11-26(27)31(28(32)29-25)20-19-30-17-7-2-8-18-30/h1,3-6,9-16,21H,2,7-8,17-20H2/p+2.